The smallest absolute Gasteiger partial charge is 0.266 e. The van der Waals surface area contributed by atoms with Crippen molar-refractivity contribution in [2.45, 2.75) is 31.7 Å². The van der Waals surface area contributed by atoms with Crippen LogP contribution in [0.2, 0.25) is 0 Å². The van der Waals surface area contributed by atoms with E-state index in [1.807, 2.05) is 0 Å². The molecule has 5 rings (SSSR count). The summed E-state index contributed by atoms with van der Waals surface area (Å²) >= 11 is 0. The molecular formula is C22H25ClN4O6. The summed E-state index contributed by atoms with van der Waals surface area (Å²) in [6, 6.07) is 3.56. The van der Waals surface area contributed by atoms with E-state index in [1.54, 1.807) is 11.0 Å². The molecule has 10 nitrogen and oxygen atoms in total. The Hall–Kier alpha value is -2.98. The molecule has 4 aliphatic rings. The molecule has 1 spiro atoms. The Morgan fingerprint density at radius 1 is 1.09 bits per heavy atom. The first kappa shape index (κ1) is 23.2. The molecule has 5 amide bonds. The second kappa shape index (κ2) is 8.75. The predicted molar refractivity (Wildman–Crippen MR) is 117 cm³/mol. The lowest BCUT2D eigenvalue weighted by Crippen LogP contribution is -2.59. The van der Waals surface area contributed by atoms with E-state index >= 15 is 0 Å². The second-order valence-electron chi connectivity index (χ2n) is 8.90. The molecule has 0 aromatic heterocycles. The summed E-state index contributed by atoms with van der Waals surface area (Å²) in [6.07, 6.45) is 2.05. The number of hydrogen-bond donors (Lipinski definition) is 2. The van der Waals surface area contributed by atoms with Crippen LogP contribution < -0.4 is 15.4 Å². The van der Waals surface area contributed by atoms with Crippen LogP contribution in [0.25, 0.3) is 0 Å². The molecule has 1 unspecified atom stereocenters. The first-order chi connectivity index (χ1) is 15.4. The van der Waals surface area contributed by atoms with E-state index in [1.165, 1.54) is 12.1 Å². The SMILES string of the molecule is Cl.O=C1CCC(N2C(=O)c3cccc(OCC(=O)N4CCC5(CC4)CNC5)c3C2=O)C(=O)N1. The highest BCUT2D eigenvalue weighted by Gasteiger charge is 2.46. The minimum absolute atomic E-state index is 0. The van der Waals surface area contributed by atoms with Gasteiger partial charge in [-0.2, -0.15) is 0 Å². The van der Waals surface area contributed by atoms with Crippen molar-refractivity contribution in [3.8, 4) is 5.75 Å². The van der Waals surface area contributed by atoms with Crippen LogP contribution in [0.1, 0.15) is 46.4 Å². The molecule has 0 aliphatic carbocycles. The highest BCUT2D eigenvalue weighted by molar-refractivity contribution is 6.24. The highest BCUT2D eigenvalue weighted by atomic mass is 35.5. The Morgan fingerprint density at radius 2 is 1.82 bits per heavy atom. The first-order valence-corrected chi connectivity index (χ1v) is 10.8. The number of carbonyl (C=O) groups is 5. The van der Waals surface area contributed by atoms with Crippen LogP contribution >= 0.6 is 12.4 Å². The Kier molecular flexibility index (Phi) is 6.15. The Labute approximate surface area is 196 Å². The zero-order valence-electron chi connectivity index (χ0n) is 17.9. The topological polar surface area (TPSA) is 125 Å². The van der Waals surface area contributed by atoms with Gasteiger partial charge in [-0.3, -0.25) is 34.2 Å². The lowest BCUT2D eigenvalue weighted by molar-refractivity contribution is -0.137. The molecule has 3 fully saturated rings. The molecule has 1 aromatic carbocycles. The number of nitrogens with zero attached hydrogens (tertiary/aromatic N) is 2. The van der Waals surface area contributed by atoms with Crippen LogP contribution in [-0.4, -0.2) is 78.2 Å². The number of carbonyl (C=O) groups excluding carboxylic acids is 5. The van der Waals surface area contributed by atoms with Crippen molar-refractivity contribution in [1.29, 1.82) is 0 Å². The summed E-state index contributed by atoms with van der Waals surface area (Å²) in [6.45, 7) is 3.12. The van der Waals surface area contributed by atoms with Gasteiger partial charge in [-0.1, -0.05) is 6.07 Å². The van der Waals surface area contributed by atoms with Crippen molar-refractivity contribution >= 4 is 41.9 Å². The fourth-order valence-electron chi connectivity index (χ4n) is 4.90. The van der Waals surface area contributed by atoms with Gasteiger partial charge < -0.3 is 15.0 Å². The summed E-state index contributed by atoms with van der Waals surface area (Å²) in [7, 11) is 0. The number of piperidine rings is 2. The predicted octanol–water partition coefficient (Wildman–Crippen LogP) is 0.100. The molecule has 0 saturated carbocycles. The van der Waals surface area contributed by atoms with Gasteiger partial charge in [0.1, 0.15) is 11.8 Å². The van der Waals surface area contributed by atoms with Gasteiger partial charge in [0.2, 0.25) is 11.8 Å². The molecule has 4 aliphatic heterocycles. The molecular weight excluding hydrogens is 452 g/mol. The van der Waals surface area contributed by atoms with Crippen LogP contribution in [0.5, 0.6) is 5.75 Å². The molecule has 1 atom stereocenters. The number of imide groups is 2. The third-order valence-corrected chi connectivity index (χ3v) is 6.96. The summed E-state index contributed by atoms with van der Waals surface area (Å²) < 4.78 is 5.70. The van der Waals surface area contributed by atoms with Crippen molar-refractivity contribution in [2.75, 3.05) is 32.8 Å². The monoisotopic (exact) mass is 476 g/mol. The average Bonchev–Trinajstić information content (AvgIpc) is 3.02. The zero-order chi connectivity index (χ0) is 22.5. The van der Waals surface area contributed by atoms with Crippen molar-refractivity contribution < 1.29 is 28.7 Å². The number of nitrogens with one attached hydrogen (secondary N) is 2. The van der Waals surface area contributed by atoms with Crippen LogP contribution in [0, 0.1) is 5.41 Å². The largest absolute Gasteiger partial charge is 0.483 e. The van der Waals surface area contributed by atoms with E-state index in [0.717, 1.165) is 30.8 Å². The summed E-state index contributed by atoms with van der Waals surface area (Å²) in [4.78, 5) is 64.9. The fourth-order valence-corrected chi connectivity index (χ4v) is 4.90. The Balaban J connectivity index is 0.00000259. The molecule has 4 heterocycles. The van der Waals surface area contributed by atoms with Gasteiger partial charge in [-0.15, -0.1) is 12.4 Å². The van der Waals surface area contributed by atoms with E-state index < -0.39 is 29.7 Å². The van der Waals surface area contributed by atoms with E-state index in [-0.39, 0.29) is 54.6 Å². The number of amides is 5. The first-order valence-electron chi connectivity index (χ1n) is 10.8. The Bertz CT molecular complexity index is 1030. The highest BCUT2D eigenvalue weighted by Crippen LogP contribution is 2.36. The van der Waals surface area contributed by atoms with E-state index in [2.05, 4.69) is 10.6 Å². The van der Waals surface area contributed by atoms with E-state index in [9.17, 15) is 24.0 Å². The molecule has 1 aromatic rings. The maximum absolute atomic E-state index is 13.1. The van der Waals surface area contributed by atoms with Crippen LogP contribution in [0.4, 0.5) is 0 Å². The summed E-state index contributed by atoms with van der Waals surface area (Å²) in [5, 5.41) is 5.46. The maximum Gasteiger partial charge on any atom is 0.266 e. The lowest BCUT2D eigenvalue weighted by atomic mass is 9.73. The molecule has 11 heteroatoms. The van der Waals surface area contributed by atoms with Crippen molar-refractivity contribution in [3.05, 3.63) is 29.3 Å². The van der Waals surface area contributed by atoms with Crippen LogP contribution in [-0.2, 0) is 14.4 Å². The number of benzene rings is 1. The van der Waals surface area contributed by atoms with Crippen LogP contribution in [0.3, 0.4) is 0 Å². The quantitative estimate of drug-likeness (QED) is 0.590. The molecule has 2 N–H and O–H groups in total. The number of ether oxygens (including phenoxy) is 1. The van der Waals surface area contributed by atoms with Gasteiger partial charge in [0, 0.05) is 32.6 Å². The number of likely N-dealkylation sites (tertiary alicyclic amines) is 1. The third-order valence-electron chi connectivity index (χ3n) is 6.96. The van der Waals surface area contributed by atoms with Gasteiger partial charge in [0.05, 0.1) is 11.1 Å². The molecule has 176 valence electrons. The molecule has 0 bridgehead atoms. The number of halogens is 1. The standard InChI is InChI=1S/C22H24N4O6.ClH/c27-16-5-4-14(19(29)24-16)26-20(30)13-2-1-3-15(18(13)21(26)31)32-10-17(28)25-8-6-22(7-9-25)11-23-12-22;/h1-3,14,23H,4-12H2,(H,24,27,29);1H. The number of fused-ring (bicyclic) bond motifs is 1. The molecule has 33 heavy (non-hydrogen) atoms. The Morgan fingerprint density at radius 3 is 2.45 bits per heavy atom. The van der Waals surface area contributed by atoms with Gasteiger partial charge in [-0.05, 0) is 36.8 Å². The van der Waals surface area contributed by atoms with Gasteiger partial charge >= 0.3 is 0 Å². The van der Waals surface area contributed by atoms with Crippen molar-refractivity contribution in [2.24, 2.45) is 5.41 Å². The summed E-state index contributed by atoms with van der Waals surface area (Å²) in [5.74, 6) is -2.38. The second-order valence-corrected chi connectivity index (χ2v) is 8.90. The minimum Gasteiger partial charge on any atom is -0.483 e. The van der Waals surface area contributed by atoms with Gasteiger partial charge in [-0.25, -0.2) is 0 Å². The van der Waals surface area contributed by atoms with Gasteiger partial charge in [0.25, 0.3) is 17.7 Å². The minimum atomic E-state index is -1.05. The third kappa shape index (κ3) is 3.97. The molecule has 0 radical (unpaired) electrons. The fraction of sp³-hybridized carbons (Fsp3) is 0.500. The lowest BCUT2D eigenvalue weighted by Gasteiger charge is -2.48. The van der Waals surface area contributed by atoms with Crippen molar-refractivity contribution in [3.63, 3.8) is 0 Å². The zero-order valence-corrected chi connectivity index (χ0v) is 18.7. The van der Waals surface area contributed by atoms with Crippen molar-refractivity contribution in [1.82, 2.24) is 20.4 Å². The number of rotatable bonds is 4. The maximum atomic E-state index is 13.1. The van der Waals surface area contributed by atoms with Crippen LogP contribution in [0.15, 0.2) is 18.2 Å². The number of hydrogen-bond acceptors (Lipinski definition) is 7. The van der Waals surface area contributed by atoms with Gasteiger partial charge in [0.15, 0.2) is 6.61 Å². The molecule has 3 saturated heterocycles. The average molecular weight is 477 g/mol. The van der Waals surface area contributed by atoms with E-state index in [4.69, 9.17) is 4.74 Å². The summed E-state index contributed by atoms with van der Waals surface area (Å²) in [5.41, 5.74) is 0.500. The normalized spacial score (nSPS) is 23.6. The van der Waals surface area contributed by atoms with E-state index in [0.29, 0.717) is 18.5 Å².